The van der Waals surface area contributed by atoms with Crippen LogP contribution in [0, 0.1) is 0 Å². The highest BCUT2D eigenvalue weighted by molar-refractivity contribution is 7.16. The lowest BCUT2D eigenvalue weighted by atomic mass is 10.1. The lowest BCUT2D eigenvalue weighted by molar-refractivity contribution is 0.660. The summed E-state index contributed by atoms with van der Waals surface area (Å²) in [4.78, 5) is 17.1. The van der Waals surface area contributed by atoms with Crippen LogP contribution in [0.15, 0.2) is 17.8 Å². The Hall–Kier alpha value is -1.95. The zero-order valence-electron chi connectivity index (χ0n) is 13.1. The smallest absolute Gasteiger partial charge is 0.141 e. The molecule has 0 N–H and O–H groups in total. The van der Waals surface area contributed by atoms with Crippen LogP contribution in [0.3, 0.4) is 0 Å². The van der Waals surface area contributed by atoms with Crippen molar-refractivity contribution in [2.75, 3.05) is 11.4 Å². The van der Waals surface area contributed by atoms with Crippen LogP contribution in [0.25, 0.3) is 10.2 Å². The third kappa shape index (κ3) is 2.01. The van der Waals surface area contributed by atoms with Crippen molar-refractivity contribution < 1.29 is 0 Å². The molecule has 6 heteroatoms. The van der Waals surface area contributed by atoms with Crippen molar-refractivity contribution in [2.45, 2.75) is 32.7 Å². The van der Waals surface area contributed by atoms with Crippen molar-refractivity contribution in [3.63, 3.8) is 0 Å². The third-order valence-electron chi connectivity index (χ3n) is 4.35. The van der Waals surface area contributed by atoms with E-state index in [9.17, 15) is 0 Å². The second-order valence-electron chi connectivity index (χ2n) is 6.09. The standard InChI is InChI=1S/C16H19N5S/c1-10(2)14-19-12-8-21(6-4-13(12)20(14)3)15-11-5-7-22-16(11)18-9-17-15/h5,7,9-10H,4,6,8H2,1-3H3. The van der Waals surface area contributed by atoms with Gasteiger partial charge in [0.05, 0.1) is 17.6 Å². The van der Waals surface area contributed by atoms with Crippen molar-refractivity contribution in [2.24, 2.45) is 7.05 Å². The molecule has 1 aliphatic heterocycles. The van der Waals surface area contributed by atoms with Gasteiger partial charge in [-0.3, -0.25) is 0 Å². The van der Waals surface area contributed by atoms with Gasteiger partial charge in [-0.1, -0.05) is 13.8 Å². The second kappa shape index (κ2) is 5.05. The van der Waals surface area contributed by atoms with E-state index in [1.807, 2.05) is 0 Å². The summed E-state index contributed by atoms with van der Waals surface area (Å²) >= 11 is 1.66. The number of hydrogen-bond acceptors (Lipinski definition) is 5. The van der Waals surface area contributed by atoms with E-state index in [2.05, 4.69) is 51.8 Å². The summed E-state index contributed by atoms with van der Waals surface area (Å²) in [6, 6.07) is 2.11. The van der Waals surface area contributed by atoms with Gasteiger partial charge in [0.15, 0.2) is 0 Å². The van der Waals surface area contributed by atoms with E-state index in [1.54, 1.807) is 17.7 Å². The molecule has 22 heavy (non-hydrogen) atoms. The Morgan fingerprint density at radius 1 is 1.27 bits per heavy atom. The quantitative estimate of drug-likeness (QED) is 0.729. The molecule has 0 aliphatic carbocycles. The number of fused-ring (bicyclic) bond motifs is 2. The van der Waals surface area contributed by atoms with Gasteiger partial charge >= 0.3 is 0 Å². The minimum atomic E-state index is 0.451. The van der Waals surface area contributed by atoms with E-state index in [1.165, 1.54) is 17.2 Å². The summed E-state index contributed by atoms with van der Waals surface area (Å²) in [6.45, 7) is 6.21. The van der Waals surface area contributed by atoms with Crippen molar-refractivity contribution in [1.29, 1.82) is 0 Å². The summed E-state index contributed by atoms with van der Waals surface area (Å²) in [7, 11) is 2.14. The van der Waals surface area contributed by atoms with E-state index in [0.717, 1.165) is 35.5 Å². The lowest BCUT2D eigenvalue weighted by Gasteiger charge is -2.28. The van der Waals surface area contributed by atoms with Gasteiger partial charge in [0.2, 0.25) is 0 Å². The molecule has 3 aromatic rings. The molecule has 0 spiro atoms. The SMILES string of the molecule is CC(C)c1nc2c(n1C)CCN(c1ncnc3sccc13)C2. The zero-order valence-corrected chi connectivity index (χ0v) is 13.9. The van der Waals surface area contributed by atoms with E-state index in [-0.39, 0.29) is 0 Å². The molecule has 0 amide bonds. The zero-order chi connectivity index (χ0) is 15.3. The number of rotatable bonds is 2. The molecular formula is C16H19N5S. The Morgan fingerprint density at radius 2 is 2.14 bits per heavy atom. The highest BCUT2D eigenvalue weighted by Crippen LogP contribution is 2.31. The predicted octanol–water partition coefficient (Wildman–Crippen LogP) is 3.11. The molecule has 4 rings (SSSR count). The summed E-state index contributed by atoms with van der Waals surface area (Å²) < 4.78 is 2.28. The topological polar surface area (TPSA) is 46.8 Å². The van der Waals surface area contributed by atoms with Gasteiger partial charge < -0.3 is 9.47 Å². The summed E-state index contributed by atoms with van der Waals surface area (Å²) in [5.41, 5.74) is 2.56. The van der Waals surface area contributed by atoms with Crippen LogP contribution in [0.2, 0.25) is 0 Å². The molecule has 0 unspecified atom stereocenters. The maximum Gasteiger partial charge on any atom is 0.141 e. The Kier molecular flexibility index (Phi) is 3.14. The normalized spacial score (nSPS) is 14.8. The molecule has 1 aliphatic rings. The maximum absolute atomic E-state index is 4.87. The van der Waals surface area contributed by atoms with Crippen molar-refractivity contribution >= 4 is 27.4 Å². The lowest BCUT2D eigenvalue weighted by Crippen LogP contribution is -2.31. The maximum atomic E-state index is 4.87. The van der Waals surface area contributed by atoms with Gasteiger partial charge in [-0.05, 0) is 11.4 Å². The van der Waals surface area contributed by atoms with Crippen LogP contribution in [-0.2, 0) is 20.0 Å². The molecule has 0 saturated carbocycles. The first kappa shape index (κ1) is 13.7. The molecule has 0 radical (unpaired) electrons. The molecule has 0 fully saturated rings. The second-order valence-corrected chi connectivity index (χ2v) is 6.98. The highest BCUT2D eigenvalue weighted by atomic mass is 32.1. The average Bonchev–Trinajstić information content (AvgIpc) is 3.11. The number of hydrogen-bond donors (Lipinski definition) is 0. The number of anilines is 1. The van der Waals surface area contributed by atoms with Crippen LogP contribution in [0.1, 0.15) is 37.0 Å². The minimum Gasteiger partial charge on any atom is -0.350 e. The summed E-state index contributed by atoms with van der Waals surface area (Å²) in [5.74, 6) is 2.66. The van der Waals surface area contributed by atoms with Crippen LogP contribution in [0.4, 0.5) is 5.82 Å². The Labute approximate surface area is 133 Å². The van der Waals surface area contributed by atoms with E-state index >= 15 is 0 Å². The van der Waals surface area contributed by atoms with Crippen molar-refractivity contribution in [3.8, 4) is 0 Å². The Bertz CT molecular complexity index is 832. The summed E-state index contributed by atoms with van der Waals surface area (Å²) in [6.07, 6.45) is 2.68. The molecule has 0 aromatic carbocycles. The Balaban J connectivity index is 1.73. The fourth-order valence-electron chi connectivity index (χ4n) is 3.28. The first-order valence-electron chi connectivity index (χ1n) is 7.62. The number of imidazole rings is 1. The third-order valence-corrected chi connectivity index (χ3v) is 5.17. The summed E-state index contributed by atoms with van der Waals surface area (Å²) in [5, 5.41) is 3.23. The van der Waals surface area contributed by atoms with Gasteiger partial charge in [0, 0.05) is 31.6 Å². The number of nitrogens with zero attached hydrogens (tertiary/aromatic N) is 5. The van der Waals surface area contributed by atoms with Gasteiger partial charge in [0.25, 0.3) is 0 Å². The largest absolute Gasteiger partial charge is 0.350 e. The molecule has 5 nitrogen and oxygen atoms in total. The fraction of sp³-hybridized carbons (Fsp3) is 0.438. The van der Waals surface area contributed by atoms with Gasteiger partial charge in [-0.25, -0.2) is 15.0 Å². The molecule has 0 saturated heterocycles. The predicted molar refractivity (Wildman–Crippen MR) is 89.5 cm³/mol. The fourth-order valence-corrected chi connectivity index (χ4v) is 4.00. The molecule has 0 atom stereocenters. The van der Waals surface area contributed by atoms with Crippen LogP contribution in [0.5, 0.6) is 0 Å². The highest BCUT2D eigenvalue weighted by Gasteiger charge is 2.25. The monoisotopic (exact) mass is 313 g/mol. The van der Waals surface area contributed by atoms with Crippen LogP contribution in [-0.4, -0.2) is 26.1 Å². The van der Waals surface area contributed by atoms with E-state index < -0.39 is 0 Å². The first-order chi connectivity index (χ1) is 10.6. The molecule has 4 heterocycles. The number of thiophene rings is 1. The number of aromatic nitrogens is 4. The van der Waals surface area contributed by atoms with Crippen molar-refractivity contribution in [1.82, 2.24) is 19.5 Å². The molecule has 114 valence electrons. The van der Waals surface area contributed by atoms with Gasteiger partial charge in [-0.15, -0.1) is 11.3 Å². The molecule has 3 aromatic heterocycles. The first-order valence-corrected chi connectivity index (χ1v) is 8.50. The van der Waals surface area contributed by atoms with E-state index in [4.69, 9.17) is 4.98 Å². The van der Waals surface area contributed by atoms with Crippen molar-refractivity contribution in [3.05, 3.63) is 35.0 Å². The van der Waals surface area contributed by atoms with Gasteiger partial charge in [-0.2, -0.15) is 0 Å². The van der Waals surface area contributed by atoms with E-state index in [0.29, 0.717) is 5.92 Å². The van der Waals surface area contributed by atoms with Crippen LogP contribution >= 0.6 is 11.3 Å². The molecular weight excluding hydrogens is 294 g/mol. The van der Waals surface area contributed by atoms with Gasteiger partial charge in [0.1, 0.15) is 22.8 Å². The molecule has 0 bridgehead atoms. The average molecular weight is 313 g/mol. The minimum absolute atomic E-state index is 0.451. The Morgan fingerprint density at radius 3 is 2.95 bits per heavy atom. The van der Waals surface area contributed by atoms with Crippen LogP contribution < -0.4 is 4.90 Å².